The van der Waals surface area contributed by atoms with Crippen molar-refractivity contribution in [2.75, 3.05) is 6.86 Å². The van der Waals surface area contributed by atoms with E-state index in [1.807, 2.05) is 19.1 Å². The standard InChI is InChI=1S/C10H11FO2/c1-2-8-3-5-9(6-4-8)10(12)13-7-11/h3-6H,2,7H2,1H3. The number of halogens is 1. The minimum absolute atomic E-state index is 0.384. The van der Waals surface area contributed by atoms with Crippen molar-refractivity contribution in [2.24, 2.45) is 0 Å². The van der Waals surface area contributed by atoms with E-state index in [2.05, 4.69) is 4.74 Å². The molecule has 0 saturated carbocycles. The lowest BCUT2D eigenvalue weighted by atomic mass is 10.1. The first-order valence-electron chi connectivity index (χ1n) is 4.10. The van der Waals surface area contributed by atoms with Gasteiger partial charge in [0.25, 0.3) is 0 Å². The van der Waals surface area contributed by atoms with Gasteiger partial charge in [0.1, 0.15) is 0 Å². The molecular formula is C10H11FO2. The molecule has 0 saturated heterocycles. The zero-order valence-electron chi connectivity index (χ0n) is 7.42. The van der Waals surface area contributed by atoms with Gasteiger partial charge in [-0.2, -0.15) is 0 Å². The van der Waals surface area contributed by atoms with Crippen molar-refractivity contribution in [1.82, 2.24) is 0 Å². The second-order valence-corrected chi connectivity index (χ2v) is 2.59. The summed E-state index contributed by atoms with van der Waals surface area (Å²) in [7, 11) is 0. The average Bonchev–Trinajstić information content (AvgIpc) is 2.18. The number of aryl methyl sites for hydroxylation is 1. The Morgan fingerprint density at radius 1 is 1.38 bits per heavy atom. The number of carbonyl (C=O) groups is 1. The van der Waals surface area contributed by atoms with Gasteiger partial charge in [0, 0.05) is 0 Å². The van der Waals surface area contributed by atoms with Gasteiger partial charge < -0.3 is 4.74 Å². The summed E-state index contributed by atoms with van der Waals surface area (Å²) in [5, 5.41) is 0. The summed E-state index contributed by atoms with van der Waals surface area (Å²) < 4.78 is 15.8. The second-order valence-electron chi connectivity index (χ2n) is 2.59. The van der Waals surface area contributed by atoms with Gasteiger partial charge in [-0.3, -0.25) is 0 Å². The molecule has 0 radical (unpaired) electrons. The third-order valence-electron chi connectivity index (χ3n) is 1.78. The average molecular weight is 182 g/mol. The van der Waals surface area contributed by atoms with Crippen LogP contribution in [0.15, 0.2) is 24.3 Å². The van der Waals surface area contributed by atoms with E-state index >= 15 is 0 Å². The Labute approximate surface area is 76.3 Å². The van der Waals surface area contributed by atoms with E-state index in [1.54, 1.807) is 12.1 Å². The predicted octanol–water partition coefficient (Wildman–Crippen LogP) is 2.33. The van der Waals surface area contributed by atoms with Gasteiger partial charge >= 0.3 is 5.97 Å². The van der Waals surface area contributed by atoms with Crippen molar-refractivity contribution in [3.63, 3.8) is 0 Å². The molecule has 1 aromatic carbocycles. The Morgan fingerprint density at radius 2 is 2.00 bits per heavy atom. The molecule has 0 atom stereocenters. The fourth-order valence-corrected chi connectivity index (χ4v) is 1.01. The van der Waals surface area contributed by atoms with Crippen molar-refractivity contribution in [3.05, 3.63) is 35.4 Å². The molecular weight excluding hydrogens is 171 g/mol. The Morgan fingerprint density at radius 3 is 2.46 bits per heavy atom. The molecule has 0 bridgehead atoms. The van der Waals surface area contributed by atoms with E-state index in [9.17, 15) is 9.18 Å². The summed E-state index contributed by atoms with van der Waals surface area (Å²) in [6.07, 6.45) is 0.915. The van der Waals surface area contributed by atoms with Gasteiger partial charge in [0.05, 0.1) is 5.56 Å². The number of rotatable bonds is 3. The molecule has 1 rings (SSSR count). The summed E-state index contributed by atoms with van der Waals surface area (Å²) in [6.45, 7) is 0.948. The summed E-state index contributed by atoms with van der Waals surface area (Å²) in [4.78, 5) is 11.0. The Hall–Kier alpha value is -1.38. The van der Waals surface area contributed by atoms with Crippen LogP contribution < -0.4 is 0 Å². The van der Waals surface area contributed by atoms with E-state index in [0.717, 1.165) is 12.0 Å². The molecule has 0 unspecified atom stereocenters. The number of ether oxygens (including phenoxy) is 1. The van der Waals surface area contributed by atoms with Crippen LogP contribution in [-0.2, 0) is 11.2 Å². The normalized spacial score (nSPS) is 9.69. The van der Waals surface area contributed by atoms with Gasteiger partial charge in [0.15, 0.2) is 0 Å². The zero-order chi connectivity index (χ0) is 9.68. The van der Waals surface area contributed by atoms with Crippen LogP contribution in [0, 0.1) is 0 Å². The van der Waals surface area contributed by atoms with E-state index in [4.69, 9.17) is 0 Å². The minimum Gasteiger partial charge on any atom is -0.430 e. The van der Waals surface area contributed by atoms with E-state index in [1.165, 1.54) is 0 Å². The van der Waals surface area contributed by atoms with Gasteiger partial charge in [-0.05, 0) is 24.1 Å². The van der Waals surface area contributed by atoms with Crippen LogP contribution >= 0.6 is 0 Å². The van der Waals surface area contributed by atoms with Crippen molar-refractivity contribution < 1.29 is 13.9 Å². The molecule has 0 spiro atoms. The molecule has 2 nitrogen and oxygen atoms in total. The number of esters is 1. The van der Waals surface area contributed by atoms with Gasteiger partial charge in [-0.25, -0.2) is 9.18 Å². The van der Waals surface area contributed by atoms with Crippen LogP contribution in [0.25, 0.3) is 0 Å². The number of carbonyl (C=O) groups excluding carboxylic acids is 1. The Balaban J connectivity index is 2.74. The number of hydrogen-bond acceptors (Lipinski definition) is 2. The highest BCUT2D eigenvalue weighted by molar-refractivity contribution is 5.89. The molecule has 0 amide bonds. The fraction of sp³-hybridized carbons (Fsp3) is 0.300. The number of alkyl halides is 1. The summed E-state index contributed by atoms with van der Waals surface area (Å²) in [5.74, 6) is -0.620. The molecule has 0 N–H and O–H groups in total. The molecule has 0 heterocycles. The van der Waals surface area contributed by atoms with Gasteiger partial charge in [0.2, 0.25) is 6.86 Å². The van der Waals surface area contributed by atoms with Crippen LogP contribution in [0.4, 0.5) is 4.39 Å². The third-order valence-corrected chi connectivity index (χ3v) is 1.78. The number of benzene rings is 1. The maximum atomic E-state index is 11.6. The maximum absolute atomic E-state index is 11.6. The van der Waals surface area contributed by atoms with Crippen LogP contribution in [0.2, 0.25) is 0 Å². The molecule has 0 fully saturated rings. The first-order valence-corrected chi connectivity index (χ1v) is 4.10. The summed E-state index contributed by atoms with van der Waals surface area (Å²) >= 11 is 0. The van der Waals surface area contributed by atoms with Crippen molar-refractivity contribution in [3.8, 4) is 0 Å². The highest BCUT2D eigenvalue weighted by atomic mass is 19.1. The highest BCUT2D eigenvalue weighted by Crippen LogP contribution is 2.06. The van der Waals surface area contributed by atoms with Gasteiger partial charge in [-0.1, -0.05) is 19.1 Å². The van der Waals surface area contributed by atoms with E-state index in [-0.39, 0.29) is 0 Å². The Bertz CT molecular complexity index is 279. The number of hydrogen-bond donors (Lipinski definition) is 0. The van der Waals surface area contributed by atoms with E-state index in [0.29, 0.717) is 5.56 Å². The summed E-state index contributed by atoms with van der Waals surface area (Å²) in [6, 6.07) is 6.93. The zero-order valence-corrected chi connectivity index (χ0v) is 7.42. The molecule has 3 heteroatoms. The second kappa shape index (κ2) is 4.60. The van der Waals surface area contributed by atoms with Crippen molar-refractivity contribution >= 4 is 5.97 Å². The largest absolute Gasteiger partial charge is 0.430 e. The molecule has 70 valence electrons. The lowest BCUT2D eigenvalue weighted by molar-refractivity contribution is 0.0324. The molecule has 0 aliphatic carbocycles. The first kappa shape index (κ1) is 9.71. The van der Waals surface area contributed by atoms with Crippen LogP contribution in [0.3, 0.4) is 0 Å². The quantitative estimate of drug-likeness (QED) is 0.670. The predicted molar refractivity (Wildman–Crippen MR) is 47.2 cm³/mol. The molecule has 0 aliphatic rings. The first-order chi connectivity index (χ1) is 6.27. The lowest BCUT2D eigenvalue weighted by Crippen LogP contribution is -2.03. The van der Waals surface area contributed by atoms with Crippen LogP contribution in [0.1, 0.15) is 22.8 Å². The monoisotopic (exact) mass is 182 g/mol. The SMILES string of the molecule is CCc1ccc(C(=O)OCF)cc1. The molecule has 13 heavy (non-hydrogen) atoms. The summed E-state index contributed by atoms with van der Waals surface area (Å²) in [5.41, 5.74) is 1.52. The topological polar surface area (TPSA) is 26.3 Å². The Kier molecular flexibility index (Phi) is 3.43. The van der Waals surface area contributed by atoms with Crippen LogP contribution in [0.5, 0.6) is 0 Å². The highest BCUT2D eigenvalue weighted by Gasteiger charge is 2.05. The smallest absolute Gasteiger partial charge is 0.340 e. The van der Waals surface area contributed by atoms with Crippen molar-refractivity contribution in [1.29, 1.82) is 0 Å². The van der Waals surface area contributed by atoms with Crippen LogP contribution in [-0.4, -0.2) is 12.8 Å². The molecule has 0 aliphatic heterocycles. The van der Waals surface area contributed by atoms with E-state index < -0.39 is 12.8 Å². The lowest BCUT2D eigenvalue weighted by Gasteiger charge is -2.00. The van der Waals surface area contributed by atoms with Crippen molar-refractivity contribution in [2.45, 2.75) is 13.3 Å². The molecule has 0 aromatic heterocycles. The minimum atomic E-state index is -1.08. The fourth-order valence-electron chi connectivity index (χ4n) is 1.01. The maximum Gasteiger partial charge on any atom is 0.340 e. The van der Waals surface area contributed by atoms with Gasteiger partial charge in [-0.15, -0.1) is 0 Å². The molecule has 1 aromatic rings. The third kappa shape index (κ3) is 2.54.